The molecule has 14 heteroatoms. The van der Waals surface area contributed by atoms with Crippen LogP contribution in [0, 0.1) is 23.9 Å². The summed E-state index contributed by atoms with van der Waals surface area (Å²) >= 11 is 0. The van der Waals surface area contributed by atoms with E-state index in [-0.39, 0.29) is 71.7 Å². The number of amides is 1. The monoisotopic (exact) mass is 1040 g/mol. The van der Waals surface area contributed by atoms with E-state index >= 15 is 4.79 Å². The number of fused-ring (bicyclic) bond motifs is 11. The Kier molecular flexibility index (Phi) is 10.8. The second-order valence-electron chi connectivity index (χ2n) is 24.2. The predicted molar refractivity (Wildman–Crippen MR) is 285 cm³/mol. The number of benzene rings is 4. The molecule has 77 heavy (non-hydrogen) atoms. The van der Waals surface area contributed by atoms with Gasteiger partial charge in [-0.15, -0.1) is 0 Å². The van der Waals surface area contributed by atoms with Gasteiger partial charge in [-0.05, 0) is 157 Å². The van der Waals surface area contributed by atoms with Gasteiger partial charge in [-0.2, -0.15) is 0 Å². The summed E-state index contributed by atoms with van der Waals surface area (Å²) in [7, 11) is 1.59. The largest absolute Gasteiger partial charge is 0.506 e. The van der Waals surface area contributed by atoms with Gasteiger partial charge in [0.25, 0.3) is 5.91 Å². The highest BCUT2D eigenvalue weighted by atomic mass is 16.7. The molecule has 11 unspecified atom stereocenters. The Bertz CT molecular complexity index is 3530. The fraction of sp³-hybridized carbons (Fsp3) is 0.492. The normalized spacial score (nSPS) is 33.5. The van der Waals surface area contributed by atoms with Crippen molar-refractivity contribution in [1.29, 1.82) is 0 Å². The lowest BCUT2D eigenvalue weighted by Gasteiger charge is -2.51. The first-order chi connectivity index (χ1) is 37.4. The van der Waals surface area contributed by atoms with Crippen LogP contribution in [-0.2, 0) is 45.4 Å². The van der Waals surface area contributed by atoms with E-state index in [1.54, 1.807) is 19.2 Å². The molecule has 14 nitrogen and oxygen atoms in total. The highest BCUT2D eigenvalue weighted by Gasteiger charge is 2.59. The Morgan fingerprint density at radius 1 is 0.948 bits per heavy atom. The number of aromatic hydroxyl groups is 1. The summed E-state index contributed by atoms with van der Waals surface area (Å²) in [5, 5.41) is 64.0. The first-order valence-electron chi connectivity index (χ1n) is 28.1. The molecule has 1 saturated heterocycles. The SMILES string of the molecule is COc1c2c3c4c(O)c(c5c6c4c1CCC6=CC1CCCC51)C(=O)CN1Cc4c(cccc4C1=O)CC#COC1C(O)C(COC(c4c[nH]c5cc6c(cc45)C4(CC6)CCC5CCCCC5(O)C4)C=C2)OC(O3)C1(O)CO. The highest BCUT2D eigenvalue weighted by molar-refractivity contribution is 6.17. The molecule has 1 aromatic heterocycles. The number of carbonyl (C=O) groups excluding carboxylic acids is 2. The number of hydrogen-bond acceptors (Lipinski definition) is 12. The van der Waals surface area contributed by atoms with Crippen molar-refractivity contribution in [3.63, 3.8) is 0 Å². The number of aryl methyl sites for hydroxylation is 2. The standard InChI is InChI=1S/C63H64N2O12/c1-73-56-39-14-13-35-23-33-8-5-11-37(33)50-49(35)51(39)53-55(69)52(50)46(67)28-65-27-43-32(7-4-12-38(43)59(65)70)9-6-22-74-58-54(68)48-29-75-47(16-15-40(56)57(53)77-60(76-48)63(58,72)31-66)42-26-64-45-24-34-17-20-61(44(34)25-41(42)45)21-18-36-10-2-3-19-62(36,71)30-61/h4,7,12,15-16,23-26,33,36-37,47-48,54,58,60,64,66,68-69,71-72H,2-3,5,8-11,13-14,17-21,27-31H2,1H3. The van der Waals surface area contributed by atoms with E-state index in [0.29, 0.717) is 41.0 Å². The molecule has 4 aromatic carbocycles. The van der Waals surface area contributed by atoms with Gasteiger partial charge >= 0.3 is 0 Å². The number of H-pyrrole nitrogens is 1. The van der Waals surface area contributed by atoms with Gasteiger partial charge in [0.1, 0.15) is 41.7 Å². The van der Waals surface area contributed by atoms with Crippen molar-refractivity contribution in [2.45, 2.75) is 156 Å². The Labute approximate surface area is 446 Å². The fourth-order valence-corrected chi connectivity index (χ4v) is 16.6. The van der Waals surface area contributed by atoms with Crippen LogP contribution in [0.3, 0.4) is 0 Å². The molecule has 6 N–H and O–H groups in total. The van der Waals surface area contributed by atoms with Gasteiger partial charge in [0.15, 0.2) is 17.5 Å². The van der Waals surface area contributed by atoms with Crippen LogP contribution in [-0.4, -0.2) is 110 Å². The molecule has 15 rings (SSSR count). The second kappa shape index (κ2) is 17.4. The smallest absolute Gasteiger partial charge is 0.254 e. The first-order valence-corrected chi connectivity index (χ1v) is 28.1. The number of hydrogen-bond donors (Lipinski definition) is 6. The lowest BCUT2D eigenvalue weighted by Crippen LogP contribution is -2.70. The zero-order chi connectivity index (χ0) is 52.3. The van der Waals surface area contributed by atoms with Gasteiger partial charge in [0.2, 0.25) is 6.29 Å². The lowest BCUT2D eigenvalue weighted by molar-refractivity contribution is -0.328. The molecule has 5 heterocycles. The Balaban J connectivity index is 0.957. The molecule has 0 radical (unpaired) electrons. The topological polar surface area (TPSA) is 200 Å². The maximum absolute atomic E-state index is 15.5. The van der Waals surface area contributed by atoms with Crippen molar-refractivity contribution in [2.75, 3.05) is 26.9 Å². The maximum Gasteiger partial charge on any atom is 0.254 e. The number of rotatable bonds is 3. The number of methoxy groups -OCH3 is 1. The van der Waals surface area contributed by atoms with Crippen LogP contribution in [0.1, 0.15) is 160 Å². The van der Waals surface area contributed by atoms with Gasteiger partial charge in [0, 0.05) is 52.1 Å². The number of aromatic nitrogens is 1. The van der Waals surface area contributed by atoms with Gasteiger partial charge in [-0.3, -0.25) is 9.59 Å². The van der Waals surface area contributed by atoms with Crippen molar-refractivity contribution in [3.8, 4) is 29.3 Å². The van der Waals surface area contributed by atoms with Crippen LogP contribution in [0.25, 0.3) is 33.3 Å². The molecular formula is C63H64N2O12. The minimum atomic E-state index is -2.47. The van der Waals surface area contributed by atoms with Crippen molar-refractivity contribution in [1.82, 2.24) is 9.88 Å². The van der Waals surface area contributed by atoms with Gasteiger partial charge in [0.05, 0.1) is 49.0 Å². The molecule has 8 bridgehead atoms. The fourth-order valence-electron chi connectivity index (χ4n) is 16.6. The Hall–Kier alpha value is -6.18. The van der Waals surface area contributed by atoms with Crippen LogP contribution in [0.2, 0.25) is 0 Å². The van der Waals surface area contributed by atoms with E-state index < -0.39 is 54.3 Å². The molecule has 10 aliphatic rings. The van der Waals surface area contributed by atoms with Crippen molar-refractivity contribution in [3.05, 3.63) is 110 Å². The number of ketones is 1. The van der Waals surface area contributed by atoms with Gasteiger partial charge < -0.3 is 59.1 Å². The van der Waals surface area contributed by atoms with Crippen LogP contribution >= 0.6 is 0 Å². The van der Waals surface area contributed by atoms with E-state index in [9.17, 15) is 30.3 Å². The third-order valence-corrected chi connectivity index (χ3v) is 20.3. The van der Waals surface area contributed by atoms with Crippen molar-refractivity contribution in [2.24, 2.45) is 11.8 Å². The number of aromatic amines is 1. The zero-order valence-electron chi connectivity index (χ0n) is 43.3. The summed E-state index contributed by atoms with van der Waals surface area (Å²) in [5.41, 5.74) is 7.04. The third kappa shape index (κ3) is 6.89. The number of carbonyl (C=O) groups is 2. The molecule has 6 aliphatic carbocycles. The molecule has 5 aromatic rings. The van der Waals surface area contributed by atoms with E-state index in [1.807, 2.05) is 24.4 Å². The summed E-state index contributed by atoms with van der Waals surface area (Å²) in [5.74, 6) is 2.92. The zero-order valence-corrected chi connectivity index (χ0v) is 43.3. The van der Waals surface area contributed by atoms with Crippen LogP contribution < -0.4 is 9.47 Å². The van der Waals surface area contributed by atoms with Crippen molar-refractivity contribution < 1.29 is 58.8 Å². The summed E-state index contributed by atoms with van der Waals surface area (Å²) in [4.78, 5) is 34.8. The molecule has 4 aliphatic heterocycles. The lowest BCUT2D eigenvalue weighted by atomic mass is 9.57. The minimum Gasteiger partial charge on any atom is -0.506 e. The first kappa shape index (κ1) is 48.0. The quantitative estimate of drug-likeness (QED) is 0.0947. The molecule has 3 saturated carbocycles. The Morgan fingerprint density at radius 3 is 2.71 bits per heavy atom. The molecular weight excluding hydrogens is 977 g/mol. The average Bonchev–Trinajstić information content (AvgIpc) is 4.38. The number of ether oxygens (including phenoxy) is 5. The van der Waals surface area contributed by atoms with E-state index in [1.165, 1.54) is 22.4 Å². The molecule has 1 amide bonds. The van der Waals surface area contributed by atoms with Crippen LogP contribution in [0.5, 0.6) is 17.2 Å². The number of nitrogens with one attached hydrogen (secondary N) is 1. The van der Waals surface area contributed by atoms with Gasteiger partial charge in [-0.25, -0.2) is 0 Å². The summed E-state index contributed by atoms with van der Waals surface area (Å²) in [6, 6.07) is 9.96. The van der Waals surface area contributed by atoms with Crippen LogP contribution in [0.4, 0.5) is 0 Å². The molecule has 398 valence electrons. The van der Waals surface area contributed by atoms with E-state index in [0.717, 1.165) is 120 Å². The van der Waals surface area contributed by atoms with Crippen LogP contribution in [0.15, 0.2) is 48.7 Å². The Morgan fingerprint density at radius 2 is 1.84 bits per heavy atom. The predicted octanol–water partition coefficient (Wildman–Crippen LogP) is 8.27. The number of nitrogens with zero attached hydrogens (tertiary/aromatic N) is 1. The number of aliphatic hydroxyl groups is 4. The van der Waals surface area contributed by atoms with Gasteiger partial charge in [-0.1, -0.05) is 49.5 Å². The van der Waals surface area contributed by atoms with E-state index in [4.69, 9.17) is 23.7 Å². The molecule has 1 spiro atoms. The summed E-state index contributed by atoms with van der Waals surface area (Å²) < 4.78 is 33.3. The number of phenols is 1. The minimum absolute atomic E-state index is 0.0174. The highest BCUT2D eigenvalue weighted by Crippen LogP contribution is 2.61. The molecule has 4 fully saturated rings. The second-order valence-corrected chi connectivity index (χ2v) is 24.2. The maximum atomic E-state index is 15.5. The summed E-state index contributed by atoms with van der Waals surface area (Å²) in [6.07, 6.45) is 16.6. The number of phenolic OH excluding ortho intramolecular Hbond substituents is 1. The third-order valence-electron chi connectivity index (χ3n) is 20.3. The number of Topliss-reactive ketones (excluding diaryl/α,β-unsaturated/α-hetero) is 1. The van der Waals surface area contributed by atoms with E-state index in [2.05, 4.69) is 35.2 Å². The average molecular weight is 1040 g/mol. The number of allylic oxidation sites excluding steroid dienone is 2. The number of aliphatic hydroxyl groups excluding tert-OH is 2. The summed E-state index contributed by atoms with van der Waals surface area (Å²) in [6.45, 7) is -1.36. The molecule has 11 atom stereocenters. The van der Waals surface area contributed by atoms with Crippen molar-refractivity contribution >= 4 is 45.0 Å².